The number of aliphatic imine (C=N–C) groups is 2. The molecular weight excluding hydrogens is 214 g/mol. The quantitative estimate of drug-likeness (QED) is 0.470. The highest BCUT2D eigenvalue weighted by Crippen LogP contribution is 2.24. The van der Waals surface area contributed by atoms with Gasteiger partial charge < -0.3 is 5.73 Å². The maximum absolute atomic E-state index is 5.91. The number of rotatable bonds is 4. The molecule has 17 heavy (non-hydrogen) atoms. The molecule has 0 aromatic carbocycles. The molecule has 0 amide bonds. The maximum atomic E-state index is 5.91. The normalized spacial score (nSPS) is 14.5. The Morgan fingerprint density at radius 2 is 2.29 bits per heavy atom. The van der Waals surface area contributed by atoms with Crippen LogP contribution in [0.15, 0.2) is 39.6 Å². The molecule has 0 spiro atoms. The van der Waals surface area contributed by atoms with Gasteiger partial charge in [-0.25, -0.2) is 0 Å². The van der Waals surface area contributed by atoms with Crippen molar-refractivity contribution >= 4 is 18.1 Å². The monoisotopic (exact) mass is 231 g/mol. The SMILES string of the molecule is C=N/C(C)=C(C(N)=NC)/C(=C\C)c1ccn[nH]1. The summed E-state index contributed by atoms with van der Waals surface area (Å²) in [5.74, 6) is 0.428. The average Bonchev–Trinajstić information content (AvgIpc) is 2.87. The number of aromatic nitrogens is 2. The van der Waals surface area contributed by atoms with Gasteiger partial charge in [0.2, 0.25) is 0 Å². The highest BCUT2D eigenvalue weighted by molar-refractivity contribution is 6.11. The molecule has 0 aliphatic rings. The first-order valence-corrected chi connectivity index (χ1v) is 5.22. The van der Waals surface area contributed by atoms with Gasteiger partial charge in [-0.15, -0.1) is 0 Å². The van der Waals surface area contributed by atoms with Crippen LogP contribution in [0.1, 0.15) is 19.5 Å². The van der Waals surface area contributed by atoms with E-state index in [4.69, 9.17) is 5.73 Å². The van der Waals surface area contributed by atoms with Gasteiger partial charge in [0.05, 0.1) is 5.69 Å². The van der Waals surface area contributed by atoms with E-state index < -0.39 is 0 Å². The van der Waals surface area contributed by atoms with Crippen LogP contribution in [0.4, 0.5) is 0 Å². The minimum Gasteiger partial charge on any atom is -0.383 e. The molecule has 0 aliphatic heterocycles. The van der Waals surface area contributed by atoms with Crippen LogP contribution in [-0.2, 0) is 0 Å². The Kier molecular flexibility index (Phi) is 4.39. The summed E-state index contributed by atoms with van der Waals surface area (Å²) in [4.78, 5) is 7.94. The predicted molar refractivity (Wildman–Crippen MR) is 72.0 cm³/mol. The van der Waals surface area contributed by atoms with Gasteiger partial charge in [0.25, 0.3) is 0 Å². The molecule has 5 heteroatoms. The lowest BCUT2D eigenvalue weighted by molar-refractivity contribution is 1.07. The zero-order chi connectivity index (χ0) is 12.8. The van der Waals surface area contributed by atoms with E-state index in [0.717, 1.165) is 22.5 Å². The van der Waals surface area contributed by atoms with E-state index >= 15 is 0 Å². The van der Waals surface area contributed by atoms with Crippen LogP contribution in [0.3, 0.4) is 0 Å². The molecular formula is C12H17N5. The number of nitrogens with one attached hydrogen (secondary N) is 1. The second-order valence-electron chi connectivity index (χ2n) is 3.40. The molecule has 0 saturated carbocycles. The topological polar surface area (TPSA) is 79.4 Å². The Morgan fingerprint density at radius 1 is 1.59 bits per heavy atom. The Balaban J connectivity index is 3.39. The van der Waals surface area contributed by atoms with Crippen molar-refractivity contribution < 1.29 is 0 Å². The molecule has 0 atom stereocenters. The van der Waals surface area contributed by atoms with Crippen molar-refractivity contribution in [2.45, 2.75) is 13.8 Å². The van der Waals surface area contributed by atoms with Crippen LogP contribution in [0.25, 0.3) is 5.57 Å². The molecule has 1 heterocycles. The van der Waals surface area contributed by atoms with E-state index in [1.165, 1.54) is 0 Å². The summed E-state index contributed by atoms with van der Waals surface area (Å²) < 4.78 is 0. The molecule has 0 saturated heterocycles. The van der Waals surface area contributed by atoms with Gasteiger partial charge in [-0.2, -0.15) is 5.10 Å². The molecule has 0 unspecified atom stereocenters. The zero-order valence-corrected chi connectivity index (χ0v) is 10.4. The van der Waals surface area contributed by atoms with Crippen molar-refractivity contribution in [3.8, 4) is 0 Å². The van der Waals surface area contributed by atoms with Gasteiger partial charge >= 0.3 is 0 Å². The fourth-order valence-electron chi connectivity index (χ4n) is 1.55. The van der Waals surface area contributed by atoms with Crippen LogP contribution < -0.4 is 5.73 Å². The summed E-state index contributed by atoms with van der Waals surface area (Å²) in [6, 6.07) is 1.87. The zero-order valence-electron chi connectivity index (χ0n) is 10.4. The highest BCUT2D eigenvalue weighted by atomic mass is 15.1. The Morgan fingerprint density at radius 3 is 2.71 bits per heavy atom. The minimum atomic E-state index is 0.428. The molecule has 3 N–H and O–H groups in total. The lowest BCUT2D eigenvalue weighted by Crippen LogP contribution is -2.17. The van der Waals surface area contributed by atoms with Crippen molar-refractivity contribution in [1.29, 1.82) is 0 Å². The third kappa shape index (κ3) is 2.69. The van der Waals surface area contributed by atoms with Crippen LogP contribution >= 0.6 is 0 Å². The Labute approximate surface area is 101 Å². The Bertz CT molecular complexity index is 477. The number of allylic oxidation sites excluding steroid dienone is 2. The average molecular weight is 231 g/mol. The van der Waals surface area contributed by atoms with Crippen LogP contribution in [0, 0.1) is 0 Å². The third-order valence-corrected chi connectivity index (χ3v) is 2.44. The summed E-state index contributed by atoms with van der Waals surface area (Å²) in [5, 5.41) is 6.83. The van der Waals surface area contributed by atoms with Gasteiger partial charge in [0.1, 0.15) is 5.84 Å². The minimum absolute atomic E-state index is 0.428. The summed E-state index contributed by atoms with van der Waals surface area (Å²) in [6.45, 7) is 7.30. The van der Waals surface area contributed by atoms with Gasteiger partial charge in [-0.1, -0.05) is 6.08 Å². The van der Waals surface area contributed by atoms with Gasteiger partial charge in [-0.3, -0.25) is 15.1 Å². The fourth-order valence-corrected chi connectivity index (χ4v) is 1.55. The summed E-state index contributed by atoms with van der Waals surface area (Å²) in [7, 11) is 1.64. The number of nitrogens with zero attached hydrogens (tertiary/aromatic N) is 3. The second kappa shape index (κ2) is 5.79. The van der Waals surface area contributed by atoms with E-state index in [-0.39, 0.29) is 0 Å². The second-order valence-corrected chi connectivity index (χ2v) is 3.40. The molecule has 90 valence electrons. The molecule has 1 aromatic rings. The molecule has 1 aromatic heterocycles. The van der Waals surface area contributed by atoms with Crippen molar-refractivity contribution in [2.24, 2.45) is 15.7 Å². The molecule has 0 bridgehead atoms. The van der Waals surface area contributed by atoms with E-state index in [9.17, 15) is 0 Å². The van der Waals surface area contributed by atoms with Gasteiger partial charge in [-0.05, 0) is 26.6 Å². The van der Waals surface area contributed by atoms with Crippen LogP contribution in [0.2, 0.25) is 0 Å². The highest BCUT2D eigenvalue weighted by Gasteiger charge is 2.14. The van der Waals surface area contributed by atoms with E-state index in [0.29, 0.717) is 5.84 Å². The molecule has 0 aliphatic carbocycles. The summed E-state index contributed by atoms with van der Waals surface area (Å²) in [5.41, 5.74) is 9.19. The van der Waals surface area contributed by atoms with Crippen molar-refractivity contribution in [3.63, 3.8) is 0 Å². The smallest absolute Gasteiger partial charge is 0.127 e. The number of nitrogens with two attached hydrogens (primary N) is 1. The fraction of sp³-hybridized carbons (Fsp3) is 0.250. The predicted octanol–water partition coefficient (Wildman–Crippen LogP) is 1.77. The van der Waals surface area contributed by atoms with Crippen molar-refractivity contribution in [1.82, 2.24) is 10.2 Å². The molecule has 0 radical (unpaired) electrons. The third-order valence-electron chi connectivity index (χ3n) is 2.44. The maximum Gasteiger partial charge on any atom is 0.127 e. The first-order valence-electron chi connectivity index (χ1n) is 5.22. The summed E-state index contributed by atoms with van der Waals surface area (Å²) >= 11 is 0. The van der Waals surface area contributed by atoms with E-state index in [1.807, 2.05) is 26.0 Å². The standard InChI is InChI=1S/C12H17N5/c1-5-9(10-6-7-16-17-10)11(8(2)14-3)12(13)15-4/h5-7H,3H2,1-2,4H3,(H2,13,15)(H,16,17)/b9-5-,11-8-. The summed E-state index contributed by atoms with van der Waals surface area (Å²) in [6.07, 6.45) is 3.63. The lowest BCUT2D eigenvalue weighted by atomic mass is 10.00. The molecule has 0 fully saturated rings. The molecule has 1 rings (SSSR count). The van der Waals surface area contributed by atoms with Gasteiger partial charge in [0.15, 0.2) is 0 Å². The number of hydrogen-bond donors (Lipinski definition) is 2. The van der Waals surface area contributed by atoms with E-state index in [2.05, 4.69) is 26.9 Å². The first kappa shape index (κ1) is 12.9. The number of amidine groups is 1. The number of hydrogen-bond acceptors (Lipinski definition) is 3. The largest absolute Gasteiger partial charge is 0.383 e. The van der Waals surface area contributed by atoms with Crippen LogP contribution in [0.5, 0.6) is 0 Å². The van der Waals surface area contributed by atoms with Crippen molar-refractivity contribution in [3.05, 3.63) is 35.3 Å². The molecule has 5 nitrogen and oxygen atoms in total. The lowest BCUT2D eigenvalue weighted by Gasteiger charge is -2.11. The first-order chi connectivity index (χ1) is 8.15. The number of H-pyrrole nitrogens is 1. The number of aromatic amines is 1. The Hall–Kier alpha value is -2.17. The van der Waals surface area contributed by atoms with Crippen LogP contribution in [-0.4, -0.2) is 29.8 Å². The van der Waals surface area contributed by atoms with Crippen molar-refractivity contribution in [2.75, 3.05) is 7.05 Å². The van der Waals surface area contributed by atoms with Gasteiger partial charge in [0, 0.05) is 30.1 Å². The van der Waals surface area contributed by atoms with E-state index in [1.54, 1.807) is 13.2 Å².